The average Bonchev–Trinajstić information content (AvgIpc) is 2.16. The zero-order valence-electron chi connectivity index (χ0n) is 8.01. The van der Waals surface area contributed by atoms with E-state index in [1.54, 1.807) is 4.89 Å². The van der Waals surface area contributed by atoms with Gasteiger partial charge in [-0.1, -0.05) is 16.5 Å². The minimum Gasteiger partial charge on any atom is -0.290 e. The second-order valence-electron chi connectivity index (χ2n) is 2.66. The molecule has 0 aliphatic heterocycles. The molecule has 7 nitrogen and oxygen atoms in total. The Morgan fingerprint density at radius 1 is 1.50 bits per heavy atom. The van der Waals surface area contributed by atoms with Gasteiger partial charge in [-0.15, -0.1) is 0 Å². The van der Waals surface area contributed by atoms with Crippen LogP contribution in [0.5, 0.6) is 0 Å². The summed E-state index contributed by atoms with van der Waals surface area (Å²) in [7, 11) is -2.79. The molecule has 88 valence electrons. The van der Waals surface area contributed by atoms with Crippen LogP contribution in [0.4, 0.5) is 5.69 Å². The van der Waals surface area contributed by atoms with E-state index in [9.17, 15) is 18.5 Å². The Balaban J connectivity index is 3.23. The van der Waals surface area contributed by atoms with E-state index < -0.39 is 14.9 Å². The Morgan fingerprint density at radius 2 is 2.12 bits per heavy atom. The fraction of sp³-hybridized carbons (Fsp3) is 0.143. The van der Waals surface area contributed by atoms with Gasteiger partial charge >= 0.3 is 0 Å². The normalized spacial score (nSPS) is 11.4. The molecule has 0 radical (unpaired) electrons. The molecule has 9 heteroatoms. The van der Waals surface area contributed by atoms with Crippen LogP contribution in [0, 0.1) is 10.1 Å². The smallest absolute Gasteiger partial charge is 0.271 e. The first-order valence-corrected chi connectivity index (χ1v) is 5.73. The van der Waals surface area contributed by atoms with Crippen LogP contribution in [0.1, 0.15) is 0 Å². The largest absolute Gasteiger partial charge is 0.290 e. The third kappa shape index (κ3) is 2.67. The predicted molar refractivity (Wildman–Crippen MR) is 55.4 cm³/mol. The monoisotopic (exact) mass is 266 g/mol. The lowest BCUT2D eigenvalue weighted by atomic mass is 10.3. The van der Waals surface area contributed by atoms with E-state index in [4.69, 9.17) is 11.6 Å². The highest BCUT2D eigenvalue weighted by atomic mass is 35.5. The Labute approximate surface area is 96.1 Å². The van der Waals surface area contributed by atoms with E-state index in [-0.39, 0.29) is 15.6 Å². The molecule has 0 saturated heterocycles. The molecule has 1 aromatic carbocycles. The molecule has 1 N–H and O–H groups in total. The van der Waals surface area contributed by atoms with Gasteiger partial charge in [-0.05, 0) is 6.07 Å². The van der Waals surface area contributed by atoms with Crippen molar-refractivity contribution in [1.29, 1.82) is 0 Å². The molecule has 0 heterocycles. The lowest BCUT2D eigenvalue weighted by molar-refractivity contribution is -0.384. The highest BCUT2D eigenvalue weighted by molar-refractivity contribution is 7.89. The van der Waals surface area contributed by atoms with E-state index in [0.717, 1.165) is 25.3 Å². The first kappa shape index (κ1) is 12.8. The summed E-state index contributed by atoms with van der Waals surface area (Å²) < 4.78 is 22.9. The summed E-state index contributed by atoms with van der Waals surface area (Å²) >= 11 is 5.61. The Hall–Kier alpha value is -1.22. The predicted octanol–water partition coefficient (Wildman–Crippen LogP) is 1.09. The third-order valence-electron chi connectivity index (χ3n) is 1.61. The molecule has 1 aromatic rings. The Kier molecular flexibility index (Phi) is 3.81. The van der Waals surface area contributed by atoms with Crippen molar-refractivity contribution in [3.05, 3.63) is 33.3 Å². The first-order chi connectivity index (χ1) is 7.38. The second kappa shape index (κ2) is 4.74. The molecule has 1 rings (SSSR count). The van der Waals surface area contributed by atoms with Gasteiger partial charge < -0.3 is 0 Å². The number of nitrogens with one attached hydrogen (secondary N) is 1. The number of rotatable bonds is 4. The van der Waals surface area contributed by atoms with Gasteiger partial charge in [0, 0.05) is 12.1 Å². The summed E-state index contributed by atoms with van der Waals surface area (Å²) in [5.74, 6) is 0. The van der Waals surface area contributed by atoms with Gasteiger partial charge in [-0.2, -0.15) is 0 Å². The molecule has 0 aliphatic rings. The molecular formula is C7H7ClN2O5S. The van der Waals surface area contributed by atoms with E-state index in [1.807, 2.05) is 0 Å². The summed E-state index contributed by atoms with van der Waals surface area (Å²) in [5, 5.41) is 10.1. The van der Waals surface area contributed by atoms with Crippen molar-refractivity contribution >= 4 is 27.3 Å². The van der Waals surface area contributed by atoms with Crippen LogP contribution in [-0.4, -0.2) is 20.5 Å². The maximum atomic E-state index is 11.4. The number of nitrogens with zero attached hydrogens (tertiary/aromatic N) is 1. The number of nitro benzene ring substituents is 1. The van der Waals surface area contributed by atoms with Crippen LogP contribution in [-0.2, 0) is 14.9 Å². The molecule has 16 heavy (non-hydrogen) atoms. The van der Waals surface area contributed by atoms with Crippen LogP contribution < -0.4 is 4.89 Å². The summed E-state index contributed by atoms with van der Waals surface area (Å²) in [5.41, 5.74) is -0.290. The summed E-state index contributed by atoms with van der Waals surface area (Å²) in [6, 6.07) is 3.02. The molecule has 0 spiro atoms. The molecule has 0 saturated carbocycles. The number of hydrogen-bond donors (Lipinski definition) is 1. The van der Waals surface area contributed by atoms with Crippen LogP contribution in [0.25, 0.3) is 0 Å². The summed E-state index contributed by atoms with van der Waals surface area (Å²) in [4.78, 5) is 15.4. The zero-order chi connectivity index (χ0) is 12.3. The molecular weight excluding hydrogens is 260 g/mol. The van der Waals surface area contributed by atoms with Crippen LogP contribution >= 0.6 is 11.6 Å². The maximum Gasteiger partial charge on any atom is 0.271 e. The number of sulfonamides is 1. The van der Waals surface area contributed by atoms with E-state index >= 15 is 0 Å². The molecule has 0 unspecified atom stereocenters. The van der Waals surface area contributed by atoms with Crippen molar-refractivity contribution < 1.29 is 18.2 Å². The number of benzene rings is 1. The minimum atomic E-state index is -3.91. The van der Waals surface area contributed by atoms with Gasteiger partial charge in [0.15, 0.2) is 0 Å². The van der Waals surface area contributed by atoms with Crippen LogP contribution in [0.3, 0.4) is 0 Å². The van der Waals surface area contributed by atoms with Gasteiger partial charge in [0.1, 0.15) is 4.90 Å². The van der Waals surface area contributed by atoms with Crippen molar-refractivity contribution in [3.63, 3.8) is 0 Å². The van der Waals surface area contributed by atoms with Gasteiger partial charge in [0.2, 0.25) is 0 Å². The van der Waals surface area contributed by atoms with Gasteiger partial charge in [-0.3, -0.25) is 15.0 Å². The first-order valence-electron chi connectivity index (χ1n) is 3.87. The second-order valence-corrected chi connectivity index (χ2v) is 4.68. The molecule has 0 aromatic heterocycles. The number of non-ortho nitro benzene ring substituents is 1. The molecule has 0 amide bonds. The number of nitro groups is 1. The number of halogens is 1. The SMILES string of the molecule is CONS(=O)(=O)c1ccc([N+](=O)[O-])cc1Cl. The minimum absolute atomic E-state index is 0.251. The van der Waals surface area contributed by atoms with Crippen molar-refractivity contribution in [2.45, 2.75) is 4.90 Å². The fourth-order valence-electron chi connectivity index (χ4n) is 0.976. The van der Waals surface area contributed by atoms with Crippen molar-refractivity contribution in [2.75, 3.05) is 7.11 Å². The van der Waals surface area contributed by atoms with Crippen LogP contribution in [0.15, 0.2) is 23.1 Å². The maximum absolute atomic E-state index is 11.4. The Bertz CT molecular complexity index is 516. The van der Waals surface area contributed by atoms with Crippen molar-refractivity contribution in [3.8, 4) is 0 Å². The molecule has 0 fully saturated rings. The molecule has 0 bridgehead atoms. The molecule has 0 atom stereocenters. The highest BCUT2D eigenvalue weighted by Crippen LogP contribution is 2.25. The zero-order valence-corrected chi connectivity index (χ0v) is 9.58. The lowest BCUT2D eigenvalue weighted by Gasteiger charge is -2.05. The summed E-state index contributed by atoms with van der Waals surface area (Å²) in [6.45, 7) is 0. The van der Waals surface area contributed by atoms with Crippen molar-refractivity contribution in [2.24, 2.45) is 0 Å². The quantitative estimate of drug-likeness (QED) is 0.650. The fourth-order valence-corrected chi connectivity index (χ4v) is 2.33. The standard InChI is InChI=1S/C7H7ClN2O5S/c1-15-9-16(13,14)7-3-2-5(10(11)12)4-6(7)8/h2-4,9H,1H3. The van der Waals surface area contributed by atoms with Gasteiger partial charge in [0.05, 0.1) is 17.1 Å². The Morgan fingerprint density at radius 3 is 2.56 bits per heavy atom. The summed E-state index contributed by atoms with van der Waals surface area (Å²) in [6.07, 6.45) is 0. The average molecular weight is 267 g/mol. The topological polar surface area (TPSA) is 98.5 Å². The highest BCUT2D eigenvalue weighted by Gasteiger charge is 2.20. The van der Waals surface area contributed by atoms with Gasteiger partial charge in [0.25, 0.3) is 15.7 Å². The van der Waals surface area contributed by atoms with E-state index in [0.29, 0.717) is 0 Å². The van der Waals surface area contributed by atoms with Gasteiger partial charge in [-0.25, -0.2) is 8.42 Å². The third-order valence-corrected chi connectivity index (χ3v) is 3.35. The van der Waals surface area contributed by atoms with Crippen molar-refractivity contribution in [1.82, 2.24) is 4.89 Å². The lowest BCUT2D eigenvalue weighted by Crippen LogP contribution is -2.22. The molecule has 0 aliphatic carbocycles. The number of hydrogen-bond acceptors (Lipinski definition) is 5. The van der Waals surface area contributed by atoms with Crippen LogP contribution in [0.2, 0.25) is 5.02 Å². The van der Waals surface area contributed by atoms with E-state index in [1.165, 1.54) is 0 Å². The van der Waals surface area contributed by atoms with E-state index in [2.05, 4.69) is 4.84 Å².